The Bertz CT molecular complexity index is 620. The molecule has 0 fully saturated rings. The fourth-order valence-corrected chi connectivity index (χ4v) is 2.45. The maximum absolute atomic E-state index is 10.9. The van der Waals surface area contributed by atoms with Crippen LogP contribution in [-0.2, 0) is 4.79 Å². The quantitative estimate of drug-likeness (QED) is 0.499. The van der Waals surface area contributed by atoms with Gasteiger partial charge in [-0.15, -0.1) is 0 Å². The molecule has 3 rings (SSSR count). The van der Waals surface area contributed by atoms with E-state index in [0.29, 0.717) is 0 Å². The van der Waals surface area contributed by atoms with E-state index < -0.39 is 5.66 Å². The van der Waals surface area contributed by atoms with Gasteiger partial charge in [-0.3, -0.25) is 0 Å². The van der Waals surface area contributed by atoms with Crippen molar-refractivity contribution in [2.24, 2.45) is 5.92 Å². The molecule has 3 heteroatoms. The minimum absolute atomic E-state index is 0.164. The second-order valence-electron chi connectivity index (χ2n) is 5.28. The minimum atomic E-state index is -0.553. The summed E-state index contributed by atoms with van der Waals surface area (Å²) in [5.74, 6) is -0.164. The predicted octanol–water partition coefficient (Wildman–Crippen LogP) is 3.85. The van der Waals surface area contributed by atoms with E-state index in [1.807, 2.05) is 85.0 Å². The van der Waals surface area contributed by atoms with Crippen LogP contribution in [0.25, 0.3) is 0 Å². The van der Waals surface area contributed by atoms with Gasteiger partial charge in [0.1, 0.15) is 11.9 Å². The Morgan fingerprint density at radius 3 is 1.64 bits per heavy atom. The van der Waals surface area contributed by atoms with E-state index in [2.05, 4.69) is 10.6 Å². The predicted molar refractivity (Wildman–Crippen MR) is 90.7 cm³/mol. The highest BCUT2D eigenvalue weighted by atomic mass is 16.1. The van der Waals surface area contributed by atoms with E-state index in [1.165, 1.54) is 0 Å². The summed E-state index contributed by atoms with van der Waals surface area (Å²) in [6, 6.07) is 20.0. The Morgan fingerprint density at radius 1 is 0.773 bits per heavy atom. The lowest BCUT2D eigenvalue weighted by molar-refractivity contribution is -0.108. The zero-order valence-electron chi connectivity index (χ0n) is 12.1. The van der Waals surface area contributed by atoms with Crippen molar-refractivity contribution in [2.45, 2.75) is 5.66 Å². The average molecular weight is 290 g/mol. The molecule has 2 aromatic rings. The van der Waals surface area contributed by atoms with Crippen LogP contribution in [0.5, 0.6) is 0 Å². The molecular weight excluding hydrogens is 272 g/mol. The molecule has 0 radical (unpaired) electrons. The van der Waals surface area contributed by atoms with Crippen LogP contribution in [0, 0.1) is 5.92 Å². The highest BCUT2D eigenvalue weighted by molar-refractivity contribution is 5.64. The van der Waals surface area contributed by atoms with Crippen LogP contribution in [0.1, 0.15) is 0 Å². The first kappa shape index (κ1) is 14.1. The third kappa shape index (κ3) is 3.26. The van der Waals surface area contributed by atoms with Gasteiger partial charge >= 0.3 is 0 Å². The molecule has 0 aliphatic heterocycles. The van der Waals surface area contributed by atoms with Gasteiger partial charge in [-0.2, -0.15) is 0 Å². The van der Waals surface area contributed by atoms with Crippen molar-refractivity contribution < 1.29 is 4.79 Å². The fraction of sp³-hybridized carbons (Fsp3) is 0.105. The van der Waals surface area contributed by atoms with E-state index in [1.54, 1.807) is 0 Å². The Labute approximate surface area is 130 Å². The minimum Gasteiger partial charge on any atom is -0.356 e. The molecule has 2 N–H and O–H groups in total. The van der Waals surface area contributed by atoms with Crippen molar-refractivity contribution in [3.8, 4) is 0 Å². The van der Waals surface area contributed by atoms with Gasteiger partial charge in [-0.25, -0.2) is 0 Å². The van der Waals surface area contributed by atoms with Crippen LogP contribution in [0.2, 0.25) is 0 Å². The molecule has 0 saturated heterocycles. The van der Waals surface area contributed by atoms with E-state index in [0.717, 1.165) is 17.7 Å². The van der Waals surface area contributed by atoms with E-state index in [-0.39, 0.29) is 5.92 Å². The first-order valence-corrected chi connectivity index (χ1v) is 7.30. The number of aldehydes is 1. The van der Waals surface area contributed by atoms with Crippen molar-refractivity contribution in [1.82, 2.24) is 0 Å². The molecule has 0 atom stereocenters. The molecule has 110 valence electrons. The number of carbonyl (C=O) groups is 1. The Balaban J connectivity index is 1.89. The molecule has 0 amide bonds. The first-order chi connectivity index (χ1) is 10.8. The maximum atomic E-state index is 10.9. The molecule has 22 heavy (non-hydrogen) atoms. The molecule has 1 aliphatic carbocycles. The molecule has 0 heterocycles. The number of carbonyl (C=O) groups excluding carboxylic acids is 1. The summed E-state index contributed by atoms with van der Waals surface area (Å²) in [5, 5.41) is 6.97. The van der Waals surface area contributed by atoms with Gasteiger partial charge < -0.3 is 15.4 Å². The van der Waals surface area contributed by atoms with Crippen LogP contribution in [-0.4, -0.2) is 11.9 Å². The number of rotatable bonds is 5. The molecule has 0 spiro atoms. The van der Waals surface area contributed by atoms with Crippen LogP contribution in [0.15, 0.2) is 85.0 Å². The third-order valence-corrected chi connectivity index (χ3v) is 3.57. The molecule has 2 aromatic carbocycles. The average Bonchev–Trinajstić information content (AvgIpc) is 2.57. The number of hydrogen-bond donors (Lipinski definition) is 2. The van der Waals surface area contributed by atoms with Gasteiger partial charge in [0.05, 0.1) is 5.92 Å². The fourth-order valence-electron chi connectivity index (χ4n) is 2.45. The summed E-state index contributed by atoms with van der Waals surface area (Å²) in [4.78, 5) is 10.9. The summed E-state index contributed by atoms with van der Waals surface area (Å²) in [5.41, 5.74) is 1.46. The van der Waals surface area contributed by atoms with Crippen LogP contribution >= 0.6 is 0 Å². The number of anilines is 2. The number of para-hydroxylation sites is 2. The summed E-state index contributed by atoms with van der Waals surface area (Å²) in [6.07, 6.45) is 8.72. The Hall–Kier alpha value is -2.81. The largest absolute Gasteiger partial charge is 0.356 e. The Kier molecular flexibility index (Phi) is 4.05. The molecule has 0 unspecified atom stereocenters. The summed E-state index contributed by atoms with van der Waals surface area (Å²) < 4.78 is 0. The summed E-state index contributed by atoms with van der Waals surface area (Å²) in [6.45, 7) is 0. The second kappa shape index (κ2) is 6.31. The van der Waals surface area contributed by atoms with Crippen LogP contribution in [0.3, 0.4) is 0 Å². The zero-order valence-corrected chi connectivity index (χ0v) is 12.1. The molecule has 1 aliphatic rings. The lowest BCUT2D eigenvalue weighted by Crippen LogP contribution is -2.43. The monoisotopic (exact) mass is 290 g/mol. The number of nitrogens with one attached hydrogen (secondary N) is 2. The van der Waals surface area contributed by atoms with Crippen molar-refractivity contribution in [3.63, 3.8) is 0 Å². The molecule has 0 saturated carbocycles. The molecular formula is C19H18N2O. The molecule has 3 nitrogen and oxygen atoms in total. The smallest absolute Gasteiger partial charge is 0.147 e. The lowest BCUT2D eigenvalue weighted by atomic mass is 9.96. The first-order valence-electron chi connectivity index (χ1n) is 7.30. The van der Waals surface area contributed by atoms with Crippen molar-refractivity contribution in [3.05, 3.63) is 85.0 Å². The summed E-state index contributed by atoms with van der Waals surface area (Å²) >= 11 is 0. The lowest BCUT2D eigenvalue weighted by Gasteiger charge is -2.34. The van der Waals surface area contributed by atoms with Crippen molar-refractivity contribution in [2.75, 3.05) is 10.6 Å². The number of benzene rings is 2. The van der Waals surface area contributed by atoms with E-state index in [4.69, 9.17) is 0 Å². The van der Waals surface area contributed by atoms with Crippen molar-refractivity contribution >= 4 is 17.7 Å². The number of hydrogen-bond acceptors (Lipinski definition) is 3. The maximum Gasteiger partial charge on any atom is 0.147 e. The van der Waals surface area contributed by atoms with Crippen LogP contribution < -0.4 is 10.6 Å². The van der Waals surface area contributed by atoms with Gasteiger partial charge in [0.2, 0.25) is 0 Å². The van der Waals surface area contributed by atoms with Gasteiger partial charge in [0.25, 0.3) is 0 Å². The highest BCUT2D eigenvalue weighted by Gasteiger charge is 2.26. The van der Waals surface area contributed by atoms with E-state index in [9.17, 15) is 4.79 Å². The van der Waals surface area contributed by atoms with Gasteiger partial charge in [0, 0.05) is 11.4 Å². The highest BCUT2D eigenvalue weighted by Crippen LogP contribution is 2.25. The topological polar surface area (TPSA) is 41.1 Å². The second-order valence-corrected chi connectivity index (χ2v) is 5.28. The summed E-state index contributed by atoms with van der Waals surface area (Å²) in [7, 11) is 0. The van der Waals surface area contributed by atoms with Gasteiger partial charge in [-0.1, -0.05) is 48.6 Å². The standard InChI is InChI=1S/C19H18N2O/c22-15-16-11-13-19(14-12-16,20-17-7-3-1-4-8-17)21-18-9-5-2-6-10-18/h1-16,20-21H. The Morgan fingerprint density at radius 2 is 1.23 bits per heavy atom. The van der Waals surface area contributed by atoms with Crippen LogP contribution in [0.4, 0.5) is 11.4 Å². The van der Waals surface area contributed by atoms with Gasteiger partial charge in [0.15, 0.2) is 0 Å². The SMILES string of the molecule is O=CC1C=CC(Nc2ccccc2)(Nc2ccccc2)C=C1. The molecule has 0 aromatic heterocycles. The normalized spacial score (nSPS) is 16.2. The zero-order chi connectivity index (χ0) is 15.3. The van der Waals surface area contributed by atoms with Crippen molar-refractivity contribution in [1.29, 1.82) is 0 Å². The van der Waals surface area contributed by atoms with Gasteiger partial charge in [-0.05, 0) is 36.4 Å². The number of allylic oxidation sites excluding steroid dienone is 2. The van der Waals surface area contributed by atoms with E-state index >= 15 is 0 Å². The molecule has 0 bridgehead atoms. The third-order valence-electron chi connectivity index (χ3n) is 3.57.